The van der Waals surface area contributed by atoms with Gasteiger partial charge in [0, 0.05) is 12.0 Å². The summed E-state index contributed by atoms with van der Waals surface area (Å²) >= 11 is 0. The number of rotatable bonds is 5. The molecule has 1 aromatic rings. The molecule has 0 aliphatic heterocycles. The van der Waals surface area contributed by atoms with E-state index in [2.05, 4.69) is 5.32 Å². The van der Waals surface area contributed by atoms with Crippen molar-refractivity contribution in [3.05, 3.63) is 18.2 Å². The third-order valence-corrected chi connectivity index (χ3v) is 3.82. The first-order valence-electron chi connectivity index (χ1n) is 6.80. The van der Waals surface area contributed by atoms with Gasteiger partial charge in [0.25, 0.3) is 0 Å². The largest absolute Gasteiger partial charge is 0.497 e. The number of amides is 1. The lowest BCUT2D eigenvalue weighted by Crippen LogP contribution is -2.22. The molecule has 114 valence electrons. The molecule has 1 aromatic carbocycles. The van der Waals surface area contributed by atoms with Gasteiger partial charge in [0.2, 0.25) is 5.91 Å². The smallest absolute Gasteiger partial charge is 0.306 e. The molecular weight excluding hydrogens is 274 g/mol. The maximum absolute atomic E-state index is 12.3. The summed E-state index contributed by atoms with van der Waals surface area (Å²) in [6.45, 7) is 0. The van der Waals surface area contributed by atoms with Gasteiger partial charge in [-0.25, -0.2) is 0 Å². The number of hydrogen-bond acceptors (Lipinski definition) is 4. The summed E-state index contributed by atoms with van der Waals surface area (Å²) in [5, 5.41) is 11.8. The van der Waals surface area contributed by atoms with E-state index in [0.29, 0.717) is 36.4 Å². The van der Waals surface area contributed by atoms with Gasteiger partial charge in [-0.15, -0.1) is 0 Å². The van der Waals surface area contributed by atoms with E-state index >= 15 is 0 Å². The number of anilines is 1. The minimum absolute atomic E-state index is 0.176. The van der Waals surface area contributed by atoms with Gasteiger partial charge in [0.1, 0.15) is 11.5 Å². The highest BCUT2D eigenvalue weighted by atomic mass is 16.5. The summed E-state index contributed by atoms with van der Waals surface area (Å²) in [5.74, 6) is -0.553. The molecule has 6 heteroatoms. The van der Waals surface area contributed by atoms with Crippen LogP contribution in [0.3, 0.4) is 0 Å². The normalized spacial score (nSPS) is 20.9. The lowest BCUT2D eigenvalue weighted by molar-refractivity contribution is -0.141. The van der Waals surface area contributed by atoms with Gasteiger partial charge in [-0.2, -0.15) is 0 Å². The van der Waals surface area contributed by atoms with Crippen LogP contribution in [-0.2, 0) is 9.59 Å². The second-order valence-electron chi connectivity index (χ2n) is 5.10. The van der Waals surface area contributed by atoms with Gasteiger partial charge in [0.05, 0.1) is 25.8 Å². The number of carboxylic acid groups (broad SMARTS) is 1. The molecular formula is C15H19NO5. The highest BCUT2D eigenvalue weighted by Crippen LogP contribution is 2.34. The summed E-state index contributed by atoms with van der Waals surface area (Å²) in [4.78, 5) is 23.2. The maximum atomic E-state index is 12.3. The number of carbonyl (C=O) groups is 2. The van der Waals surface area contributed by atoms with Crippen molar-refractivity contribution in [2.24, 2.45) is 11.8 Å². The van der Waals surface area contributed by atoms with E-state index in [1.807, 2.05) is 0 Å². The zero-order valence-electron chi connectivity index (χ0n) is 12.1. The van der Waals surface area contributed by atoms with Gasteiger partial charge in [-0.05, 0) is 31.4 Å². The molecule has 0 unspecified atom stereocenters. The summed E-state index contributed by atoms with van der Waals surface area (Å²) in [6, 6.07) is 5.13. The van der Waals surface area contributed by atoms with Gasteiger partial charge >= 0.3 is 5.97 Å². The van der Waals surface area contributed by atoms with E-state index in [0.717, 1.165) is 0 Å². The molecule has 1 aliphatic rings. The van der Waals surface area contributed by atoms with E-state index in [4.69, 9.17) is 14.6 Å². The number of benzene rings is 1. The Kier molecular flexibility index (Phi) is 4.67. The molecule has 21 heavy (non-hydrogen) atoms. The van der Waals surface area contributed by atoms with Gasteiger partial charge < -0.3 is 19.9 Å². The summed E-state index contributed by atoms with van der Waals surface area (Å²) < 4.78 is 10.3. The molecule has 0 heterocycles. The molecule has 0 aromatic heterocycles. The first-order valence-corrected chi connectivity index (χ1v) is 6.80. The van der Waals surface area contributed by atoms with Crippen molar-refractivity contribution in [1.29, 1.82) is 0 Å². The van der Waals surface area contributed by atoms with Crippen LogP contribution in [0.25, 0.3) is 0 Å². The van der Waals surface area contributed by atoms with E-state index in [9.17, 15) is 9.59 Å². The number of carbonyl (C=O) groups excluding carboxylic acids is 1. The van der Waals surface area contributed by atoms with Crippen LogP contribution in [0.4, 0.5) is 5.69 Å². The first-order chi connectivity index (χ1) is 10.0. The van der Waals surface area contributed by atoms with Crippen molar-refractivity contribution in [2.75, 3.05) is 19.5 Å². The molecule has 1 saturated carbocycles. The molecule has 1 amide bonds. The predicted molar refractivity (Wildman–Crippen MR) is 76.6 cm³/mol. The Hall–Kier alpha value is -2.24. The molecule has 0 radical (unpaired) electrons. The molecule has 1 fully saturated rings. The molecule has 0 saturated heterocycles. The van der Waals surface area contributed by atoms with E-state index in [1.54, 1.807) is 25.3 Å². The Morgan fingerprint density at radius 1 is 1.19 bits per heavy atom. The van der Waals surface area contributed by atoms with Crippen molar-refractivity contribution in [2.45, 2.75) is 19.3 Å². The number of carboxylic acids is 1. The lowest BCUT2D eigenvalue weighted by atomic mass is 10.0. The summed E-state index contributed by atoms with van der Waals surface area (Å²) in [5.41, 5.74) is 0.528. The van der Waals surface area contributed by atoms with Crippen LogP contribution in [0.1, 0.15) is 19.3 Å². The van der Waals surface area contributed by atoms with Crippen LogP contribution < -0.4 is 14.8 Å². The molecule has 2 rings (SSSR count). The number of ether oxygens (including phenoxy) is 2. The third-order valence-electron chi connectivity index (χ3n) is 3.82. The number of hydrogen-bond donors (Lipinski definition) is 2. The molecule has 6 nitrogen and oxygen atoms in total. The fourth-order valence-electron chi connectivity index (χ4n) is 2.59. The molecule has 2 N–H and O–H groups in total. The van der Waals surface area contributed by atoms with Crippen molar-refractivity contribution in [1.82, 2.24) is 0 Å². The van der Waals surface area contributed by atoms with Gasteiger partial charge in [-0.3, -0.25) is 9.59 Å². The lowest BCUT2D eigenvalue weighted by Gasteiger charge is -2.14. The number of aliphatic carboxylic acids is 1. The zero-order chi connectivity index (χ0) is 15.4. The average Bonchev–Trinajstić information content (AvgIpc) is 2.97. The second-order valence-corrected chi connectivity index (χ2v) is 5.10. The Labute approximate surface area is 123 Å². The van der Waals surface area contributed by atoms with E-state index < -0.39 is 11.9 Å². The van der Waals surface area contributed by atoms with Crippen molar-refractivity contribution >= 4 is 17.6 Å². The van der Waals surface area contributed by atoms with Crippen LogP contribution in [0.15, 0.2) is 18.2 Å². The summed E-state index contributed by atoms with van der Waals surface area (Å²) in [6.07, 6.45) is 1.52. The highest BCUT2D eigenvalue weighted by Gasteiger charge is 2.34. The second kappa shape index (κ2) is 6.47. The molecule has 0 spiro atoms. The van der Waals surface area contributed by atoms with Crippen molar-refractivity contribution in [3.63, 3.8) is 0 Å². The van der Waals surface area contributed by atoms with Crippen LogP contribution in [0.2, 0.25) is 0 Å². The topological polar surface area (TPSA) is 84.9 Å². The Balaban J connectivity index is 2.07. The average molecular weight is 293 g/mol. The monoisotopic (exact) mass is 293 g/mol. The maximum Gasteiger partial charge on any atom is 0.306 e. The quantitative estimate of drug-likeness (QED) is 0.869. The SMILES string of the molecule is COc1ccc(OC)c(NC(=O)[C@H]2CC[C@@H](C(=O)O)C2)c1. The fourth-order valence-corrected chi connectivity index (χ4v) is 2.59. The van der Waals surface area contributed by atoms with E-state index in [1.165, 1.54) is 7.11 Å². The molecule has 0 bridgehead atoms. The molecule has 1 aliphatic carbocycles. The Morgan fingerprint density at radius 3 is 2.48 bits per heavy atom. The van der Waals surface area contributed by atoms with Crippen LogP contribution >= 0.6 is 0 Å². The first kappa shape index (κ1) is 15.2. The Morgan fingerprint density at radius 2 is 1.90 bits per heavy atom. The third kappa shape index (κ3) is 3.45. The number of nitrogens with one attached hydrogen (secondary N) is 1. The minimum Gasteiger partial charge on any atom is -0.497 e. The van der Waals surface area contributed by atoms with E-state index in [-0.39, 0.29) is 11.8 Å². The van der Waals surface area contributed by atoms with Crippen LogP contribution in [-0.4, -0.2) is 31.2 Å². The Bertz CT molecular complexity index is 543. The fraction of sp³-hybridized carbons (Fsp3) is 0.467. The van der Waals surface area contributed by atoms with Crippen LogP contribution in [0, 0.1) is 11.8 Å². The predicted octanol–water partition coefficient (Wildman–Crippen LogP) is 2.14. The van der Waals surface area contributed by atoms with Crippen molar-refractivity contribution in [3.8, 4) is 11.5 Å². The standard InChI is InChI=1S/C15H19NO5/c1-20-11-5-6-13(21-2)12(8-11)16-14(17)9-3-4-10(7-9)15(18)19/h5-6,8-10H,3-4,7H2,1-2H3,(H,16,17)(H,18,19)/t9-,10+/m0/s1. The summed E-state index contributed by atoms with van der Waals surface area (Å²) in [7, 11) is 3.06. The zero-order valence-corrected chi connectivity index (χ0v) is 12.1. The van der Waals surface area contributed by atoms with Gasteiger partial charge in [-0.1, -0.05) is 0 Å². The molecule has 2 atom stereocenters. The van der Waals surface area contributed by atoms with Gasteiger partial charge in [0.15, 0.2) is 0 Å². The minimum atomic E-state index is -0.829. The van der Waals surface area contributed by atoms with Crippen LogP contribution in [0.5, 0.6) is 11.5 Å². The number of methoxy groups -OCH3 is 2. The highest BCUT2D eigenvalue weighted by molar-refractivity contribution is 5.94. The van der Waals surface area contributed by atoms with Crippen molar-refractivity contribution < 1.29 is 24.2 Å².